The molecule has 0 radical (unpaired) electrons. The summed E-state index contributed by atoms with van der Waals surface area (Å²) < 4.78 is 0. The van der Waals surface area contributed by atoms with Crippen LogP contribution in [0.5, 0.6) is 0 Å². The van der Waals surface area contributed by atoms with Crippen molar-refractivity contribution in [2.45, 2.75) is 46.0 Å². The van der Waals surface area contributed by atoms with Gasteiger partial charge in [0, 0.05) is 5.92 Å². The van der Waals surface area contributed by atoms with Gasteiger partial charge in [0.15, 0.2) is 0 Å². The van der Waals surface area contributed by atoms with Gasteiger partial charge in [0.25, 0.3) is 0 Å². The Kier molecular flexibility index (Phi) is 3.58. The van der Waals surface area contributed by atoms with Crippen LogP contribution in [0.4, 0.5) is 0 Å². The first kappa shape index (κ1) is 12.3. The quantitative estimate of drug-likeness (QED) is 0.691. The van der Waals surface area contributed by atoms with Gasteiger partial charge in [0.1, 0.15) is 6.29 Å². The number of rotatable bonds is 2. The van der Waals surface area contributed by atoms with Crippen LogP contribution in [-0.4, -0.2) is 6.29 Å². The summed E-state index contributed by atoms with van der Waals surface area (Å²) in [5.41, 5.74) is 1.95. The summed E-state index contributed by atoms with van der Waals surface area (Å²) in [6, 6.07) is 0. The van der Waals surface area contributed by atoms with Crippen molar-refractivity contribution in [2.75, 3.05) is 0 Å². The van der Waals surface area contributed by atoms with E-state index >= 15 is 0 Å². The maximum Gasteiger partial charge on any atom is 0.123 e. The van der Waals surface area contributed by atoms with Crippen LogP contribution in [0.3, 0.4) is 0 Å². The zero-order valence-corrected chi connectivity index (χ0v) is 11.8. The third-order valence-electron chi connectivity index (χ3n) is 5.03. The molecule has 0 N–H and O–H groups in total. The summed E-state index contributed by atoms with van der Waals surface area (Å²) in [6.45, 7) is 4.50. The van der Waals surface area contributed by atoms with Crippen LogP contribution in [0.2, 0.25) is 0 Å². The minimum Gasteiger partial charge on any atom is -0.303 e. The molecule has 0 saturated heterocycles. The summed E-state index contributed by atoms with van der Waals surface area (Å²) >= 11 is 3.51. The number of carbonyl (C=O) groups is 1. The molecule has 16 heavy (non-hydrogen) atoms. The van der Waals surface area contributed by atoms with Crippen LogP contribution in [-0.2, 0) is 4.79 Å². The zero-order chi connectivity index (χ0) is 11.8. The van der Waals surface area contributed by atoms with Gasteiger partial charge in [-0.05, 0) is 54.3 Å². The van der Waals surface area contributed by atoms with E-state index in [0.29, 0.717) is 17.3 Å². The SMILES string of the molecule is C[C@H](C=O)C1CCC2/C(=C/Br)CCCC21C. The lowest BCUT2D eigenvalue weighted by molar-refractivity contribution is -0.113. The second kappa shape index (κ2) is 4.64. The molecule has 2 aliphatic rings. The maximum absolute atomic E-state index is 11.0. The van der Waals surface area contributed by atoms with E-state index in [1.807, 2.05) is 0 Å². The van der Waals surface area contributed by atoms with Crippen molar-refractivity contribution < 1.29 is 4.79 Å². The Morgan fingerprint density at radius 1 is 1.50 bits per heavy atom. The molecule has 2 fully saturated rings. The van der Waals surface area contributed by atoms with E-state index in [0.717, 1.165) is 6.29 Å². The molecule has 2 aliphatic carbocycles. The van der Waals surface area contributed by atoms with Crippen molar-refractivity contribution in [3.63, 3.8) is 0 Å². The molecule has 3 unspecified atom stereocenters. The summed E-state index contributed by atoms with van der Waals surface area (Å²) in [6.07, 6.45) is 7.48. The largest absolute Gasteiger partial charge is 0.303 e. The van der Waals surface area contributed by atoms with E-state index in [-0.39, 0.29) is 5.92 Å². The minimum atomic E-state index is 0.227. The van der Waals surface area contributed by atoms with Gasteiger partial charge >= 0.3 is 0 Å². The molecule has 0 aromatic carbocycles. The van der Waals surface area contributed by atoms with Crippen molar-refractivity contribution in [3.8, 4) is 0 Å². The van der Waals surface area contributed by atoms with E-state index in [9.17, 15) is 4.79 Å². The van der Waals surface area contributed by atoms with Gasteiger partial charge in [-0.2, -0.15) is 0 Å². The number of hydrogen-bond donors (Lipinski definition) is 0. The van der Waals surface area contributed by atoms with Crippen LogP contribution in [0.15, 0.2) is 10.6 Å². The Balaban J connectivity index is 2.27. The molecule has 0 aromatic heterocycles. The molecular weight excluding hydrogens is 264 g/mol. The van der Waals surface area contributed by atoms with E-state index < -0.39 is 0 Å². The fourth-order valence-electron chi connectivity index (χ4n) is 4.17. The van der Waals surface area contributed by atoms with Crippen molar-refractivity contribution >= 4 is 22.2 Å². The maximum atomic E-state index is 11.0. The molecule has 0 aromatic rings. The third-order valence-corrected chi connectivity index (χ3v) is 5.62. The summed E-state index contributed by atoms with van der Waals surface area (Å²) in [5.74, 6) is 1.54. The Bertz CT molecular complexity index is 310. The fraction of sp³-hybridized carbons (Fsp3) is 0.786. The van der Waals surface area contributed by atoms with Gasteiger partial charge < -0.3 is 4.79 Å². The number of carbonyl (C=O) groups excluding carboxylic acids is 1. The monoisotopic (exact) mass is 284 g/mol. The van der Waals surface area contributed by atoms with Gasteiger partial charge in [0.2, 0.25) is 0 Å². The molecule has 2 rings (SSSR count). The fourth-order valence-corrected chi connectivity index (χ4v) is 4.72. The third kappa shape index (κ3) is 1.79. The van der Waals surface area contributed by atoms with E-state index in [4.69, 9.17) is 0 Å². The minimum absolute atomic E-state index is 0.227. The van der Waals surface area contributed by atoms with Gasteiger partial charge in [0.05, 0.1) is 0 Å². The highest BCUT2D eigenvalue weighted by atomic mass is 79.9. The normalized spacial score (nSPS) is 43.1. The molecule has 90 valence electrons. The number of hydrogen-bond acceptors (Lipinski definition) is 1. The number of aldehydes is 1. The summed E-state index contributed by atoms with van der Waals surface area (Å²) in [5, 5.41) is 0. The smallest absolute Gasteiger partial charge is 0.123 e. The lowest BCUT2D eigenvalue weighted by Gasteiger charge is -2.43. The Morgan fingerprint density at radius 3 is 2.88 bits per heavy atom. The number of halogens is 1. The van der Waals surface area contributed by atoms with Gasteiger partial charge in [-0.15, -0.1) is 0 Å². The van der Waals surface area contributed by atoms with Gasteiger partial charge in [-0.1, -0.05) is 35.4 Å². The summed E-state index contributed by atoms with van der Waals surface area (Å²) in [4.78, 5) is 13.2. The number of fused-ring (bicyclic) bond motifs is 1. The topological polar surface area (TPSA) is 17.1 Å². The zero-order valence-electron chi connectivity index (χ0n) is 10.2. The van der Waals surface area contributed by atoms with Crippen LogP contribution >= 0.6 is 15.9 Å². The lowest BCUT2D eigenvalue weighted by Crippen LogP contribution is -2.36. The van der Waals surface area contributed by atoms with E-state index in [1.165, 1.54) is 32.1 Å². The Hall–Kier alpha value is -0.110. The molecule has 0 heterocycles. The lowest BCUT2D eigenvalue weighted by atomic mass is 9.61. The second-order valence-electron chi connectivity index (χ2n) is 5.78. The predicted octanol–water partition coefficient (Wildman–Crippen LogP) is 4.32. The molecule has 0 spiro atoms. The van der Waals surface area contributed by atoms with Crippen LogP contribution in [0.25, 0.3) is 0 Å². The predicted molar refractivity (Wildman–Crippen MR) is 70.4 cm³/mol. The number of allylic oxidation sites excluding steroid dienone is 1. The average molecular weight is 285 g/mol. The first-order valence-electron chi connectivity index (χ1n) is 6.38. The highest BCUT2D eigenvalue weighted by Gasteiger charge is 2.50. The second-order valence-corrected chi connectivity index (χ2v) is 6.23. The van der Waals surface area contributed by atoms with Crippen LogP contribution < -0.4 is 0 Å². The highest BCUT2D eigenvalue weighted by molar-refractivity contribution is 9.11. The van der Waals surface area contributed by atoms with Gasteiger partial charge in [-0.25, -0.2) is 0 Å². The molecule has 0 amide bonds. The highest BCUT2D eigenvalue weighted by Crippen LogP contribution is 2.59. The van der Waals surface area contributed by atoms with Crippen molar-refractivity contribution in [3.05, 3.63) is 10.6 Å². The Morgan fingerprint density at radius 2 is 2.25 bits per heavy atom. The van der Waals surface area contributed by atoms with Crippen LogP contribution in [0.1, 0.15) is 46.0 Å². The standard InChI is InChI=1S/C14H21BrO/c1-10(9-16)12-5-6-13-11(8-15)4-3-7-14(12,13)2/h8-10,12-13H,3-7H2,1-2H3/b11-8+/t10-,12?,13?,14?/m1/s1. The molecule has 2 heteroatoms. The first-order valence-corrected chi connectivity index (χ1v) is 7.29. The van der Waals surface area contributed by atoms with Crippen molar-refractivity contribution in [1.29, 1.82) is 0 Å². The Labute approximate surface area is 107 Å². The van der Waals surface area contributed by atoms with E-state index in [1.54, 1.807) is 5.57 Å². The summed E-state index contributed by atoms with van der Waals surface area (Å²) in [7, 11) is 0. The average Bonchev–Trinajstić information content (AvgIpc) is 2.64. The van der Waals surface area contributed by atoms with Crippen molar-refractivity contribution in [2.24, 2.45) is 23.2 Å². The molecule has 4 atom stereocenters. The van der Waals surface area contributed by atoms with Crippen LogP contribution in [0, 0.1) is 23.2 Å². The molecule has 0 aliphatic heterocycles. The van der Waals surface area contributed by atoms with E-state index in [2.05, 4.69) is 34.8 Å². The molecule has 1 nitrogen and oxygen atoms in total. The van der Waals surface area contributed by atoms with Gasteiger partial charge in [-0.3, -0.25) is 0 Å². The molecule has 0 bridgehead atoms. The molecular formula is C14H21BrO. The first-order chi connectivity index (χ1) is 7.63. The van der Waals surface area contributed by atoms with Crippen molar-refractivity contribution in [1.82, 2.24) is 0 Å². The molecule has 2 saturated carbocycles.